The number of carbonyl (C=O) groups is 3. The number of carbonyl (C=O) groups excluding carboxylic acids is 3. The van der Waals surface area contributed by atoms with Crippen LogP contribution >= 0.6 is 0 Å². The predicted octanol–water partition coefficient (Wildman–Crippen LogP) is 2.81. The van der Waals surface area contributed by atoms with Crippen molar-refractivity contribution in [2.45, 2.75) is 31.0 Å². The minimum Gasteiger partial charge on any atom is -0.497 e. The third kappa shape index (κ3) is 4.31. The van der Waals surface area contributed by atoms with Gasteiger partial charge in [0, 0.05) is 30.4 Å². The van der Waals surface area contributed by atoms with Crippen LogP contribution in [0.15, 0.2) is 65.3 Å². The van der Waals surface area contributed by atoms with E-state index >= 15 is 0 Å². The molecule has 12 heteroatoms. The van der Waals surface area contributed by atoms with Gasteiger partial charge in [-0.2, -0.15) is 0 Å². The van der Waals surface area contributed by atoms with Gasteiger partial charge < -0.3 is 29.6 Å². The van der Waals surface area contributed by atoms with E-state index in [1.807, 2.05) is 36.5 Å². The van der Waals surface area contributed by atoms with Gasteiger partial charge in [0.15, 0.2) is 11.1 Å². The molecule has 1 aromatic carbocycles. The van der Waals surface area contributed by atoms with Gasteiger partial charge in [0.2, 0.25) is 0 Å². The molecule has 4 amide bonds. The quantitative estimate of drug-likeness (QED) is 0.287. The van der Waals surface area contributed by atoms with E-state index in [-0.39, 0.29) is 30.8 Å². The molecule has 6 heterocycles. The number of furan rings is 1. The lowest BCUT2D eigenvalue weighted by Crippen LogP contribution is -2.52. The van der Waals surface area contributed by atoms with Gasteiger partial charge in [0.25, 0.3) is 11.8 Å². The van der Waals surface area contributed by atoms with Crippen molar-refractivity contribution in [3.63, 3.8) is 0 Å². The molecule has 3 N–H and O–H groups in total. The van der Waals surface area contributed by atoms with Crippen molar-refractivity contribution in [3.05, 3.63) is 77.8 Å². The summed E-state index contributed by atoms with van der Waals surface area (Å²) in [5.41, 5.74) is 1.60. The molecule has 214 valence electrons. The van der Waals surface area contributed by atoms with E-state index in [2.05, 4.69) is 25.8 Å². The van der Waals surface area contributed by atoms with Crippen LogP contribution in [0, 0.1) is 0 Å². The first kappa shape index (κ1) is 26.0. The average Bonchev–Trinajstić information content (AvgIpc) is 3.67. The van der Waals surface area contributed by atoms with Crippen LogP contribution in [-0.2, 0) is 16.9 Å². The number of methoxy groups -OCH3 is 1. The maximum atomic E-state index is 13.4. The largest absolute Gasteiger partial charge is 0.497 e. The van der Waals surface area contributed by atoms with Crippen molar-refractivity contribution in [1.82, 2.24) is 30.8 Å². The van der Waals surface area contributed by atoms with Crippen LogP contribution in [0.5, 0.6) is 5.75 Å². The highest BCUT2D eigenvalue weighted by Crippen LogP contribution is 2.36. The van der Waals surface area contributed by atoms with E-state index in [0.29, 0.717) is 22.4 Å². The number of nitrogens with zero attached hydrogens (tertiary/aromatic N) is 4. The summed E-state index contributed by atoms with van der Waals surface area (Å²) >= 11 is 0. The van der Waals surface area contributed by atoms with E-state index in [4.69, 9.17) is 14.1 Å². The average molecular weight is 568 g/mol. The van der Waals surface area contributed by atoms with E-state index in [1.165, 1.54) is 12.0 Å². The molecule has 3 aromatic heterocycles. The van der Waals surface area contributed by atoms with Crippen LogP contribution < -0.4 is 25.6 Å². The number of urea groups is 1. The minimum atomic E-state index is -1.63. The third-order valence-electron chi connectivity index (χ3n) is 8.19. The van der Waals surface area contributed by atoms with Gasteiger partial charge in [-0.25, -0.2) is 9.78 Å². The van der Waals surface area contributed by atoms with Crippen LogP contribution in [-0.4, -0.2) is 65.5 Å². The highest BCUT2D eigenvalue weighted by Gasteiger charge is 2.53. The predicted molar refractivity (Wildman–Crippen MR) is 152 cm³/mol. The SMILES string of the molecule is COc1ccc2c(c1)C(=O)N(C[C@@]1(c3cc4nc(N(c5cccnc5)C5CCNCC5)ccc4o3)NC(=O)NC1=O)C2. The number of rotatable bonds is 7. The van der Waals surface area contributed by atoms with Gasteiger partial charge in [-0.3, -0.25) is 19.9 Å². The summed E-state index contributed by atoms with van der Waals surface area (Å²) < 4.78 is 11.5. The lowest BCUT2D eigenvalue weighted by atomic mass is 9.95. The molecule has 7 rings (SSSR count). The molecule has 42 heavy (non-hydrogen) atoms. The molecule has 0 bridgehead atoms. The maximum Gasteiger partial charge on any atom is 0.322 e. The summed E-state index contributed by atoms with van der Waals surface area (Å²) in [7, 11) is 1.54. The number of piperidine rings is 1. The molecule has 3 aliphatic rings. The number of amides is 4. The number of fused-ring (bicyclic) bond motifs is 2. The number of imide groups is 1. The van der Waals surface area contributed by atoms with Gasteiger partial charge in [-0.1, -0.05) is 6.07 Å². The second kappa shape index (κ2) is 10.1. The fraction of sp³-hybridized carbons (Fsp3) is 0.300. The number of hydrogen-bond acceptors (Lipinski definition) is 9. The lowest BCUT2D eigenvalue weighted by molar-refractivity contribution is -0.125. The number of anilines is 2. The molecule has 2 fully saturated rings. The lowest BCUT2D eigenvalue weighted by Gasteiger charge is -2.35. The van der Waals surface area contributed by atoms with E-state index < -0.39 is 17.5 Å². The third-order valence-corrected chi connectivity index (χ3v) is 8.19. The maximum absolute atomic E-state index is 13.4. The summed E-state index contributed by atoms with van der Waals surface area (Å²) in [6.07, 6.45) is 5.45. The first-order valence-corrected chi connectivity index (χ1v) is 13.9. The zero-order chi connectivity index (χ0) is 28.8. The van der Waals surface area contributed by atoms with Gasteiger partial charge in [0.05, 0.1) is 25.5 Å². The van der Waals surface area contributed by atoms with Gasteiger partial charge >= 0.3 is 6.03 Å². The summed E-state index contributed by atoms with van der Waals surface area (Å²) in [6, 6.07) is 14.1. The Bertz CT molecular complexity index is 1700. The Kier molecular flexibility index (Phi) is 6.27. The van der Waals surface area contributed by atoms with Crippen molar-refractivity contribution < 1.29 is 23.5 Å². The summed E-state index contributed by atoms with van der Waals surface area (Å²) in [4.78, 5) is 52.2. The van der Waals surface area contributed by atoms with Crippen LogP contribution in [0.2, 0.25) is 0 Å². The number of benzene rings is 1. The summed E-state index contributed by atoms with van der Waals surface area (Å²) in [5.74, 6) is 0.627. The normalized spacial score (nSPS) is 20.5. The summed E-state index contributed by atoms with van der Waals surface area (Å²) in [5, 5.41) is 8.47. The Labute approximate surface area is 241 Å². The Morgan fingerprint density at radius 3 is 2.71 bits per heavy atom. The molecule has 1 atom stereocenters. The fourth-order valence-corrected chi connectivity index (χ4v) is 6.08. The molecular formula is C30H29N7O5. The Morgan fingerprint density at radius 2 is 1.98 bits per heavy atom. The van der Waals surface area contributed by atoms with Gasteiger partial charge in [-0.05, 0) is 67.9 Å². The Hall–Kier alpha value is -4.97. The van der Waals surface area contributed by atoms with Crippen LogP contribution in [0.1, 0.15) is 34.5 Å². The number of hydrogen-bond donors (Lipinski definition) is 3. The molecule has 0 aliphatic carbocycles. The number of pyridine rings is 2. The number of nitrogens with one attached hydrogen (secondary N) is 3. The van der Waals surface area contributed by atoms with Crippen LogP contribution in [0.4, 0.5) is 16.3 Å². The Morgan fingerprint density at radius 1 is 1.12 bits per heavy atom. The van der Waals surface area contributed by atoms with E-state index in [9.17, 15) is 14.4 Å². The van der Waals surface area contributed by atoms with Crippen molar-refractivity contribution in [2.75, 3.05) is 31.6 Å². The number of ether oxygens (including phenoxy) is 1. The highest BCUT2D eigenvalue weighted by molar-refractivity contribution is 6.08. The second-order valence-corrected chi connectivity index (χ2v) is 10.7. The molecule has 4 aromatic rings. The first-order valence-electron chi connectivity index (χ1n) is 13.9. The second-order valence-electron chi connectivity index (χ2n) is 10.7. The van der Waals surface area contributed by atoms with Crippen LogP contribution in [0.25, 0.3) is 11.1 Å². The molecule has 0 unspecified atom stereocenters. The van der Waals surface area contributed by atoms with Crippen molar-refractivity contribution in [1.29, 1.82) is 0 Å². The molecule has 3 aliphatic heterocycles. The van der Waals surface area contributed by atoms with E-state index in [1.54, 1.807) is 24.4 Å². The van der Waals surface area contributed by atoms with Gasteiger partial charge in [0.1, 0.15) is 22.8 Å². The van der Waals surface area contributed by atoms with Crippen molar-refractivity contribution in [2.24, 2.45) is 0 Å². The Balaban J connectivity index is 1.25. The molecule has 12 nitrogen and oxygen atoms in total. The summed E-state index contributed by atoms with van der Waals surface area (Å²) in [6.45, 7) is 1.97. The molecular weight excluding hydrogens is 538 g/mol. The zero-order valence-electron chi connectivity index (χ0n) is 22.9. The van der Waals surface area contributed by atoms with Crippen molar-refractivity contribution in [3.8, 4) is 5.75 Å². The van der Waals surface area contributed by atoms with Gasteiger partial charge in [-0.15, -0.1) is 0 Å². The zero-order valence-corrected chi connectivity index (χ0v) is 22.9. The molecule has 0 spiro atoms. The molecule has 0 saturated carbocycles. The standard InChI is InChI=1S/C30H29N7O5/c1-41-21-5-4-18-16-36(27(38)22(18)13-21)17-30(28(39)34-29(40)35-30)25-14-23-24(42-25)6-7-26(33-23)37(19-8-11-31-12-9-19)20-3-2-10-32-15-20/h2-7,10,13-15,19,31H,8-9,11-12,16-17H2,1H3,(H2,34,35,39,40)/t30-/m0/s1. The number of aromatic nitrogens is 2. The first-order chi connectivity index (χ1) is 20.4. The van der Waals surface area contributed by atoms with Crippen molar-refractivity contribution >= 4 is 40.5 Å². The topological polar surface area (TPSA) is 142 Å². The molecule has 2 saturated heterocycles. The van der Waals surface area contributed by atoms with Crippen LogP contribution in [0.3, 0.4) is 0 Å². The fourth-order valence-electron chi connectivity index (χ4n) is 6.08. The highest BCUT2D eigenvalue weighted by atomic mass is 16.5. The van der Waals surface area contributed by atoms with E-state index in [0.717, 1.165) is 43.0 Å². The smallest absolute Gasteiger partial charge is 0.322 e. The monoisotopic (exact) mass is 567 g/mol. The minimum absolute atomic E-state index is 0.121. The molecule has 0 radical (unpaired) electrons.